The summed E-state index contributed by atoms with van der Waals surface area (Å²) in [6.45, 7) is 2.22. The molecule has 0 saturated heterocycles. The number of hydrogen-bond donors (Lipinski definition) is 1. The summed E-state index contributed by atoms with van der Waals surface area (Å²) in [7, 11) is 1.07. The standard InChI is InChI=1S/C17H15F3N2O2/c1-3-8-21-15-11(12(18)13(19)16(23-2)14(15)20)17-22-9-6-4-5-7-10(9)24-17/h4-7,21H,3,8H2,1-2H3. The predicted molar refractivity (Wildman–Crippen MR) is 84.7 cm³/mol. The van der Waals surface area contributed by atoms with Crippen molar-refractivity contribution in [1.82, 2.24) is 4.98 Å². The van der Waals surface area contributed by atoms with Crippen molar-refractivity contribution in [1.29, 1.82) is 0 Å². The normalized spacial score (nSPS) is 11.0. The molecule has 0 spiro atoms. The van der Waals surface area contributed by atoms with Crippen LogP contribution in [-0.2, 0) is 0 Å². The second-order valence-electron chi connectivity index (χ2n) is 5.14. The van der Waals surface area contributed by atoms with Gasteiger partial charge < -0.3 is 14.5 Å². The number of hydrogen-bond acceptors (Lipinski definition) is 4. The van der Waals surface area contributed by atoms with Gasteiger partial charge in [0.15, 0.2) is 23.0 Å². The lowest BCUT2D eigenvalue weighted by Crippen LogP contribution is -2.09. The quantitative estimate of drug-likeness (QED) is 0.684. The number of nitrogens with zero attached hydrogens (tertiary/aromatic N) is 1. The van der Waals surface area contributed by atoms with Gasteiger partial charge in [0.1, 0.15) is 11.1 Å². The van der Waals surface area contributed by atoms with Crippen LogP contribution in [0.1, 0.15) is 13.3 Å². The van der Waals surface area contributed by atoms with Crippen LogP contribution in [0.15, 0.2) is 28.7 Å². The largest absolute Gasteiger partial charge is 0.491 e. The predicted octanol–water partition coefficient (Wildman–Crippen LogP) is 4.74. The molecule has 3 aromatic rings. The minimum atomic E-state index is -1.42. The van der Waals surface area contributed by atoms with Crippen molar-refractivity contribution in [3.63, 3.8) is 0 Å². The number of benzene rings is 2. The Hall–Kier alpha value is -2.70. The molecule has 1 N–H and O–H groups in total. The molecule has 1 aromatic heterocycles. The Morgan fingerprint density at radius 3 is 2.54 bits per heavy atom. The Morgan fingerprint density at radius 2 is 1.88 bits per heavy atom. The van der Waals surface area contributed by atoms with Crippen molar-refractivity contribution in [3.8, 4) is 17.2 Å². The molecule has 2 aromatic carbocycles. The molecule has 0 aliphatic heterocycles. The zero-order chi connectivity index (χ0) is 17.3. The van der Waals surface area contributed by atoms with Crippen molar-refractivity contribution in [2.24, 2.45) is 0 Å². The molecule has 24 heavy (non-hydrogen) atoms. The van der Waals surface area contributed by atoms with Gasteiger partial charge in [-0.05, 0) is 18.6 Å². The van der Waals surface area contributed by atoms with E-state index in [9.17, 15) is 13.2 Å². The number of rotatable bonds is 5. The Labute approximate surface area is 136 Å². The molecule has 0 radical (unpaired) electrons. The highest BCUT2D eigenvalue weighted by Gasteiger charge is 2.29. The number of halogens is 3. The highest BCUT2D eigenvalue weighted by molar-refractivity contribution is 5.81. The fraction of sp³-hybridized carbons (Fsp3) is 0.235. The highest BCUT2D eigenvalue weighted by atomic mass is 19.2. The zero-order valence-corrected chi connectivity index (χ0v) is 13.1. The molecule has 0 saturated carbocycles. The van der Waals surface area contributed by atoms with Crippen LogP contribution in [0.4, 0.5) is 18.9 Å². The third-order valence-electron chi connectivity index (χ3n) is 3.54. The van der Waals surface area contributed by atoms with E-state index in [1.165, 1.54) is 0 Å². The summed E-state index contributed by atoms with van der Waals surface area (Å²) >= 11 is 0. The van der Waals surface area contributed by atoms with E-state index in [0.29, 0.717) is 24.1 Å². The lowest BCUT2D eigenvalue weighted by Gasteiger charge is -2.15. The van der Waals surface area contributed by atoms with E-state index in [1.54, 1.807) is 24.3 Å². The Morgan fingerprint density at radius 1 is 1.12 bits per heavy atom. The Bertz CT molecular complexity index is 860. The van der Waals surface area contributed by atoms with Crippen molar-refractivity contribution in [2.75, 3.05) is 19.0 Å². The van der Waals surface area contributed by atoms with Crippen molar-refractivity contribution in [2.45, 2.75) is 13.3 Å². The van der Waals surface area contributed by atoms with Gasteiger partial charge in [-0.3, -0.25) is 0 Å². The summed E-state index contributed by atoms with van der Waals surface area (Å²) < 4.78 is 53.4. The smallest absolute Gasteiger partial charge is 0.232 e. The first-order valence-electron chi connectivity index (χ1n) is 7.42. The van der Waals surface area contributed by atoms with Crippen LogP contribution < -0.4 is 10.1 Å². The van der Waals surface area contributed by atoms with Crippen LogP contribution in [0.2, 0.25) is 0 Å². The van der Waals surface area contributed by atoms with Gasteiger partial charge in [-0.2, -0.15) is 4.39 Å². The maximum Gasteiger partial charge on any atom is 0.232 e. The molecule has 0 bridgehead atoms. The van der Waals surface area contributed by atoms with Crippen LogP contribution in [0.25, 0.3) is 22.6 Å². The number of ether oxygens (including phenoxy) is 1. The number of anilines is 1. The number of fused-ring (bicyclic) bond motifs is 1. The minimum Gasteiger partial charge on any atom is -0.491 e. The van der Waals surface area contributed by atoms with E-state index in [1.807, 2.05) is 6.92 Å². The first-order valence-corrected chi connectivity index (χ1v) is 7.42. The molecule has 1 heterocycles. The van der Waals surface area contributed by atoms with Gasteiger partial charge in [-0.15, -0.1) is 0 Å². The fourth-order valence-corrected chi connectivity index (χ4v) is 2.41. The van der Waals surface area contributed by atoms with Crippen molar-refractivity contribution < 1.29 is 22.3 Å². The van der Waals surface area contributed by atoms with Gasteiger partial charge in [-0.1, -0.05) is 19.1 Å². The third kappa shape index (κ3) is 2.55. The van der Waals surface area contributed by atoms with Gasteiger partial charge in [0, 0.05) is 6.54 Å². The molecule has 0 aliphatic rings. The van der Waals surface area contributed by atoms with E-state index in [2.05, 4.69) is 15.0 Å². The second-order valence-corrected chi connectivity index (χ2v) is 5.14. The van der Waals surface area contributed by atoms with Gasteiger partial charge in [0.05, 0.1) is 12.8 Å². The molecule has 0 unspecified atom stereocenters. The molecule has 0 fully saturated rings. The number of aromatic nitrogens is 1. The average Bonchev–Trinajstić information content (AvgIpc) is 3.00. The summed E-state index contributed by atoms with van der Waals surface area (Å²) in [6.07, 6.45) is 0.660. The van der Waals surface area contributed by atoms with Gasteiger partial charge in [-0.25, -0.2) is 13.8 Å². The summed E-state index contributed by atoms with van der Waals surface area (Å²) in [5, 5.41) is 2.76. The lowest BCUT2D eigenvalue weighted by molar-refractivity contribution is 0.348. The lowest BCUT2D eigenvalue weighted by atomic mass is 10.1. The molecule has 7 heteroatoms. The molecule has 4 nitrogen and oxygen atoms in total. The Kier molecular flexibility index (Phi) is 4.33. The summed E-state index contributed by atoms with van der Waals surface area (Å²) in [5.41, 5.74) is 0.226. The van der Waals surface area contributed by atoms with Gasteiger partial charge in [0.2, 0.25) is 11.7 Å². The van der Waals surface area contributed by atoms with Crippen molar-refractivity contribution in [3.05, 3.63) is 41.7 Å². The van der Waals surface area contributed by atoms with Crippen LogP contribution in [-0.4, -0.2) is 18.6 Å². The van der Waals surface area contributed by atoms with E-state index in [0.717, 1.165) is 7.11 Å². The number of nitrogens with one attached hydrogen (secondary N) is 1. The molecule has 3 rings (SSSR count). The van der Waals surface area contributed by atoms with E-state index < -0.39 is 28.8 Å². The van der Waals surface area contributed by atoms with Crippen molar-refractivity contribution >= 4 is 16.8 Å². The maximum atomic E-state index is 14.6. The monoisotopic (exact) mass is 336 g/mol. The fourth-order valence-electron chi connectivity index (χ4n) is 2.41. The molecular weight excluding hydrogens is 321 g/mol. The highest BCUT2D eigenvalue weighted by Crippen LogP contribution is 2.40. The molecule has 126 valence electrons. The number of methoxy groups -OCH3 is 1. The SMILES string of the molecule is CCCNc1c(F)c(OC)c(F)c(F)c1-c1nc2ccccc2o1. The van der Waals surface area contributed by atoms with Gasteiger partial charge >= 0.3 is 0 Å². The summed E-state index contributed by atoms with van der Waals surface area (Å²) in [6, 6.07) is 6.75. The molecule has 0 amide bonds. The summed E-state index contributed by atoms with van der Waals surface area (Å²) in [5.74, 6) is -4.71. The molecule has 0 aliphatic carbocycles. The first kappa shape index (κ1) is 16.2. The van der Waals surface area contributed by atoms with Crippen LogP contribution >= 0.6 is 0 Å². The molecule has 0 atom stereocenters. The van der Waals surface area contributed by atoms with Crippen LogP contribution in [0, 0.1) is 17.5 Å². The summed E-state index contributed by atoms with van der Waals surface area (Å²) in [4.78, 5) is 4.13. The first-order chi connectivity index (χ1) is 11.6. The zero-order valence-electron chi connectivity index (χ0n) is 13.1. The number of oxazole rings is 1. The Balaban J connectivity index is 2.28. The number of para-hydroxylation sites is 2. The van der Waals surface area contributed by atoms with Gasteiger partial charge in [0.25, 0.3) is 0 Å². The van der Waals surface area contributed by atoms with E-state index in [4.69, 9.17) is 4.42 Å². The minimum absolute atomic E-state index is 0.201. The topological polar surface area (TPSA) is 47.3 Å². The van der Waals surface area contributed by atoms with Crippen LogP contribution in [0.5, 0.6) is 5.75 Å². The molecular formula is C17H15F3N2O2. The van der Waals surface area contributed by atoms with E-state index in [-0.39, 0.29) is 11.6 Å². The third-order valence-corrected chi connectivity index (χ3v) is 3.54. The van der Waals surface area contributed by atoms with Crippen LogP contribution in [0.3, 0.4) is 0 Å². The maximum absolute atomic E-state index is 14.6. The van der Waals surface area contributed by atoms with E-state index >= 15 is 0 Å². The second kappa shape index (κ2) is 6.43. The average molecular weight is 336 g/mol.